The molecule has 20 heavy (non-hydrogen) atoms. The second-order valence-corrected chi connectivity index (χ2v) is 5.00. The van der Waals surface area contributed by atoms with Gasteiger partial charge in [-0.1, -0.05) is 42.5 Å². The molecule has 96 valence electrons. The third-order valence-electron chi connectivity index (χ3n) is 3.41. The number of fused-ring (bicyclic) bond motifs is 2. The smallest absolute Gasteiger partial charge is 0.135 e. The highest BCUT2D eigenvalue weighted by Crippen LogP contribution is 2.30. The summed E-state index contributed by atoms with van der Waals surface area (Å²) in [7, 11) is 0. The zero-order chi connectivity index (χ0) is 13.5. The van der Waals surface area contributed by atoms with Crippen LogP contribution in [0.4, 0.5) is 0 Å². The number of H-pyrrole nitrogens is 1. The van der Waals surface area contributed by atoms with Crippen LogP contribution in [0.15, 0.2) is 59.2 Å². The Kier molecular flexibility index (Phi) is 2.44. The molecule has 0 fully saturated rings. The fourth-order valence-electron chi connectivity index (χ4n) is 2.41. The number of hydrogen-bond donors (Lipinski definition) is 1. The van der Waals surface area contributed by atoms with Crippen molar-refractivity contribution in [3.63, 3.8) is 0 Å². The lowest BCUT2D eigenvalue weighted by Gasteiger charge is -2.02. The number of hydrogen-bond acceptors (Lipinski definition) is 3. The van der Waals surface area contributed by atoms with Crippen molar-refractivity contribution in [3.05, 3.63) is 59.3 Å². The highest BCUT2D eigenvalue weighted by atomic mass is 32.1. The monoisotopic (exact) mass is 278 g/mol. The first-order valence-electron chi connectivity index (χ1n) is 6.28. The number of para-hydroxylation sites is 2. The minimum atomic E-state index is 0.768. The zero-order valence-electron chi connectivity index (χ0n) is 10.5. The van der Waals surface area contributed by atoms with Gasteiger partial charge in [-0.2, -0.15) is 5.10 Å². The lowest BCUT2D eigenvalue weighted by Crippen LogP contribution is -1.83. The van der Waals surface area contributed by atoms with Crippen LogP contribution < -0.4 is 0 Å². The van der Waals surface area contributed by atoms with Gasteiger partial charge in [-0.05, 0) is 18.2 Å². The molecule has 0 aliphatic rings. The lowest BCUT2D eigenvalue weighted by atomic mass is 10.1. The van der Waals surface area contributed by atoms with Crippen LogP contribution in [0.25, 0.3) is 33.1 Å². The van der Waals surface area contributed by atoms with Gasteiger partial charge in [0, 0.05) is 10.8 Å². The van der Waals surface area contributed by atoms with E-state index in [4.69, 9.17) is 16.6 Å². The van der Waals surface area contributed by atoms with Gasteiger partial charge in [0.15, 0.2) is 0 Å². The molecule has 0 saturated carbocycles. The van der Waals surface area contributed by atoms with Crippen molar-refractivity contribution < 1.29 is 4.42 Å². The van der Waals surface area contributed by atoms with Crippen molar-refractivity contribution in [1.82, 2.24) is 10.2 Å². The van der Waals surface area contributed by atoms with Crippen LogP contribution in [0.3, 0.4) is 0 Å². The molecule has 4 heteroatoms. The van der Waals surface area contributed by atoms with Crippen molar-refractivity contribution in [1.29, 1.82) is 0 Å². The van der Waals surface area contributed by atoms with E-state index in [9.17, 15) is 0 Å². The summed E-state index contributed by atoms with van der Waals surface area (Å²) in [6.45, 7) is 0. The fourth-order valence-corrected chi connectivity index (χ4v) is 2.72. The summed E-state index contributed by atoms with van der Waals surface area (Å²) >= 11 is 5.59. The summed E-state index contributed by atoms with van der Waals surface area (Å²) in [6, 6.07) is 15.8. The average Bonchev–Trinajstić information content (AvgIpc) is 2.92. The molecule has 0 saturated heterocycles. The minimum absolute atomic E-state index is 0.768. The molecule has 0 amide bonds. The SMILES string of the molecule is S=c1c(-c2n[nH]c3ccccc23)coc2ccccc12. The normalized spacial score (nSPS) is 11.2. The van der Waals surface area contributed by atoms with Gasteiger partial charge in [0.25, 0.3) is 0 Å². The van der Waals surface area contributed by atoms with E-state index >= 15 is 0 Å². The summed E-state index contributed by atoms with van der Waals surface area (Å²) in [5.41, 5.74) is 3.46. The first kappa shape index (κ1) is 11.4. The molecule has 0 aliphatic carbocycles. The third kappa shape index (κ3) is 1.58. The molecular weight excluding hydrogens is 268 g/mol. The molecule has 0 spiro atoms. The maximum absolute atomic E-state index is 5.68. The molecule has 4 aromatic rings. The predicted molar refractivity (Wildman–Crippen MR) is 82.1 cm³/mol. The molecule has 2 heterocycles. The first-order chi connectivity index (χ1) is 9.84. The van der Waals surface area contributed by atoms with Crippen LogP contribution in [0.5, 0.6) is 0 Å². The van der Waals surface area contributed by atoms with Gasteiger partial charge < -0.3 is 4.42 Å². The van der Waals surface area contributed by atoms with Crippen LogP contribution in [0.1, 0.15) is 0 Å². The van der Waals surface area contributed by atoms with Gasteiger partial charge in [0.1, 0.15) is 17.5 Å². The minimum Gasteiger partial charge on any atom is -0.464 e. The Morgan fingerprint density at radius 1 is 0.950 bits per heavy atom. The number of aromatic nitrogens is 2. The molecule has 3 nitrogen and oxygen atoms in total. The van der Waals surface area contributed by atoms with Gasteiger partial charge in [-0.3, -0.25) is 5.10 Å². The molecule has 0 atom stereocenters. The largest absolute Gasteiger partial charge is 0.464 e. The molecule has 1 N–H and O–H groups in total. The van der Waals surface area contributed by atoms with Crippen LogP contribution in [-0.4, -0.2) is 10.2 Å². The molecule has 2 aromatic carbocycles. The summed E-state index contributed by atoms with van der Waals surface area (Å²) < 4.78 is 6.44. The third-order valence-corrected chi connectivity index (χ3v) is 3.85. The summed E-state index contributed by atoms with van der Waals surface area (Å²) in [5.74, 6) is 0. The average molecular weight is 278 g/mol. The maximum Gasteiger partial charge on any atom is 0.135 e. The van der Waals surface area contributed by atoms with Crippen molar-refractivity contribution >= 4 is 34.1 Å². The van der Waals surface area contributed by atoms with Gasteiger partial charge in [-0.15, -0.1) is 0 Å². The van der Waals surface area contributed by atoms with Gasteiger partial charge >= 0.3 is 0 Å². The fraction of sp³-hybridized carbons (Fsp3) is 0. The number of aromatic amines is 1. The van der Waals surface area contributed by atoms with E-state index in [1.807, 2.05) is 48.5 Å². The first-order valence-corrected chi connectivity index (χ1v) is 6.69. The Labute approximate surface area is 119 Å². The van der Waals surface area contributed by atoms with Crippen molar-refractivity contribution in [3.8, 4) is 11.3 Å². The van der Waals surface area contributed by atoms with E-state index in [0.29, 0.717) is 0 Å². The van der Waals surface area contributed by atoms with E-state index < -0.39 is 0 Å². The molecule has 0 unspecified atom stereocenters. The number of rotatable bonds is 1. The summed E-state index contributed by atoms with van der Waals surface area (Å²) in [4.78, 5) is 0. The van der Waals surface area contributed by atoms with Crippen molar-refractivity contribution in [2.75, 3.05) is 0 Å². The number of benzene rings is 2. The number of nitrogens with zero attached hydrogens (tertiary/aromatic N) is 1. The summed E-state index contributed by atoms with van der Waals surface area (Å²) in [6.07, 6.45) is 1.69. The summed E-state index contributed by atoms with van der Waals surface area (Å²) in [5, 5.41) is 9.39. The highest BCUT2D eigenvalue weighted by Gasteiger charge is 2.11. The standard InChI is InChI=1S/C16H10N2OS/c20-16-11-6-2-4-8-14(11)19-9-12(16)15-10-5-1-3-7-13(10)17-18-15/h1-9H,(H,17,18). The molecule has 0 radical (unpaired) electrons. The Morgan fingerprint density at radius 3 is 2.60 bits per heavy atom. The van der Waals surface area contributed by atoms with E-state index in [0.717, 1.165) is 37.6 Å². The van der Waals surface area contributed by atoms with Crippen LogP contribution >= 0.6 is 12.2 Å². The van der Waals surface area contributed by atoms with Gasteiger partial charge in [-0.25, -0.2) is 0 Å². The Hall–Kier alpha value is -2.46. The molecular formula is C16H10N2OS. The number of nitrogens with one attached hydrogen (secondary N) is 1. The quantitative estimate of drug-likeness (QED) is 0.513. The highest BCUT2D eigenvalue weighted by molar-refractivity contribution is 7.71. The van der Waals surface area contributed by atoms with Crippen LogP contribution in [-0.2, 0) is 0 Å². The van der Waals surface area contributed by atoms with Crippen molar-refractivity contribution in [2.24, 2.45) is 0 Å². The maximum atomic E-state index is 5.68. The molecule has 0 bridgehead atoms. The Bertz CT molecular complexity index is 984. The van der Waals surface area contributed by atoms with E-state index in [1.165, 1.54) is 0 Å². The molecule has 2 aromatic heterocycles. The van der Waals surface area contributed by atoms with Gasteiger partial charge in [0.2, 0.25) is 0 Å². The lowest BCUT2D eigenvalue weighted by molar-refractivity contribution is 0.605. The second kappa shape index (κ2) is 4.28. The molecule has 0 aliphatic heterocycles. The predicted octanol–water partition coefficient (Wildman–Crippen LogP) is 4.71. The Balaban J connectivity index is 2.08. The topological polar surface area (TPSA) is 41.8 Å². The van der Waals surface area contributed by atoms with E-state index in [1.54, 1.807) is 6.26 Å². The van der Waals surface area contributed by atoms with Gasteiger partial charge in [0.05, 0.1) is 15.6 Å². The van der Waals surface area contributed by atoms with E-state index in [2.05, 4.69) is 10.2 Å². The second-order valence-electron chi connectivity index (χ2n) is 4.59. The van der Waals surface area contributed by atoms with Crippen molar-refractivity contribution in [2.45, 2.75) is 0 Å². The molecule has 4 rings (SSSR count). The van der Waals surface area contributed by atoms with E-state index in [-0.39, 0.29) is 0 Å². The Morgan fingerprint density at radius 2 is 1.70 bits per heavy atom. The van der Waals surface area contributed by atoms with Crippen LogP contribution in [0.2, 0.25) is 0 Å². The zero-order valence-corrected chi connectivity index (χ0v) is 11.3. The van der Waals surface area contributed by atoms with Crippen LogP contribution in [0, 0.1) is 4.51 Å².